The molecule has 166 valence electrons. The molecule has 1 aliphatic rings. The molecule has 2 aromatic rings. The van der Waals surface area contributed by atoms with Gasteiger partial charge in [0.05, 0.1) is 11.5 Å². The van der Waals surface area contributed by atoms with Crippen molar-refractivity contribution in [1.82, 2.24) is 4.72 Å². The number of carbonyl (C=O) groups is 1. The summed E-state index contributed by atoms with van der Waals surface area (Å²) in [6, 6.07) is 4.27. The van der Waals surface area contributed by atoms with Gasteiger partial charge in [-0.3, -0.25) is 4.79 Å². The number of fused-ring (bicyclic) bond motifs is 1. The molecule has 0 spiro atoms. The number of carbonyl (C=O) groups excluding carboxylic acids is 1. The Kier molecular flexibility index (Phi) is 8.09. The Labute approximate surface area is 230 Å². The average Bonchev–Trinajstić information content (AvgIpc) is 3.18. The number of amides is 1. The van der Waals surface area contributed by atoms with Crippen LogP contribution in [-0.2, 0) is 25.8 Å². The van der Waals surface area contributed by atoms with Gasteiger partial charge in [-0.2, -0.15) is 0 Å². The molecule has 1 aromatic carbocycles. The van der Waals surface area contributed by atoms with Crippen LogP contribution in [-0.4, -0.2) is 70.8 Å². The van der Waals surface area contributed by atoms with E-state index < -0.39 is 32.9 Å². The molecular formula is C22H29FKNO4S2. The predicted octanol–water partition coefficient (Wildman–Crippen LogP) is 3.86. The van der Waals surface area contributed by atoms with Gasteiger partial charge in [0, 0.05) is 0 Å². The molecule has 0 bridgehead atoms. The molecule has 0 saturated heterocycles. The fraction of sp³-hybridized carbons (Fsp3) is 0.500. The van der Waals surface area contributed by atoms with E-state index in [0.29, 0.717) is 12.0 Å². The van der Waals surface area contributed by atoms with Crippen LogP contribution in [0, 0.1) is 5.82 Å². The maximum absolute atomic E-state index is 14.2. The van der Waals surface area contributed by atoms with Crippen LogP contribution < -0.4 is 4.72 Å². The van der Waals surface area contributed by atoms with Gasteiger partial charge >= 0.3 is 51.4 Å². The molecule has 1 atom stereocenters. The van der Waals surface area contributed by atoms with E-state index in [1.165, 1.54) is 18.2 Å². The van der Waals surface area contributed by atoms with Crippen LogP contribution in [0.5, 0.6) is 0 Å². The number of benzene rings is 1. The Bertz CT molecular complexity index is 1100. The molecule has 1 aliphatic carbocycles. The Morgan fingerprint density at radius 1 is 1.29 bits per heavy atom. The van der Waals surface area contributed by atoms with E-state index in [1.807, 2.05) is 27.7 Å². The standard InChI is InChI=1S/C22H28FNO4S2.K.H/c1-12(2)15-8-14(23)9-17-19(15)16(10-21(17,3)4)20(25)24-30(27,28)18-7-13(11-29-18)22(5,6)26;;/h7-9,11-12,16,26H,10H2,1-6H3,(H,24,25);;. The van der Waals surface area contributed by atoms with E-state index in [4.69, 9.17) is 0 Å². The second-order valence-electron chi connectivity index (χ2n) is 9.43. The molecule has 5 nitrogen and oxygen atoms in total. The summed E-state index contributed by atoms with van der Waals surface area (Å²) in [5, 5.41) is 11.7. The van der Waals surface area contributed by atoms with Gasteiger partial charge in [0.25, 0.3) is 10.0 Å². The monoisotopic (exact) mass is 493 g/mol. The van der Waals surface area contributed by atoms with Gasteiger partial charge in [0.1, 0.15) is 10.0 Å². The number of thiophene rings is 1. The van der Waals surface area contributed by atoms with Crippen molar-refractivity contribution in [2.45, 2.75) is 75.0 Å². The van der Waals surface area contributed by atoms with Crippen LogP contribution in [0.4, 0.5) is 4.39 Å². The van der Waals surface area contributed by atoms with Crippen molar-refractivity contribution in [1.29, 1.82) is 0 Å². The summed E-state index contributed by atoms with van der Waals surface area (Å²) in [4.78, 5) is 13.1. The Morgan fingerprint density at radius 3 is 2.42 bits per heavy atom. The molecule has 0 aliphatic heterocycles. The molecule has 2 N–H and O–H groups in total. The van der Waals surface area contributed by atoms with Crippen molar-refractivity contribution in [3.8, 4) is 0 Å². The van der Waals surface area contributed by atoms with Crippen molar-refractivity contribution < 1.29 is 22.7 Å². The molecule has 0 radical (unpaired) electrons. The molecule has 3 rings (SSSR count). The van der Waals surface area contributed by atoms with Crippen molar-refractivity contribution >= 4 is 78.7 Å². The van der Waals surface area contributed by atoms with Crippen molar-refractivity contribution in [3.05, 3.63) is 51.7 Å². The number of hydrogen-bond donors (Lipinski definition) is 2. The first-order valence-electron chi connectivity index (χ1n) is 9.85. The maximum atomic E-state index is 14.2. The van der Waals surface area contributed by atoms with Gasteiger partial charge in [0.15, 0.2) is 0 Å². The van der Waals surface area contributed by atoms with Crippen molar-refractivity contribution in [2.24, 2.45) is 0 Å². The summed E-state index contributed by atoms with van der Waals surface area (Å²) in [6.45, 7) is 10.9. The average molecular weight is 494 g/mol. The minimum atomic E-state index is -4.08. The minimum absolute atomic E-state index is 0. The first-order chi connectivity index (χ1) is 13.6. The van der Waals surface area contributed by atoms with Gasteiger partial charge in [-0.05, 0) is 77.4 Å². The Morgan fingerprint density at radius 2 is 1.90 bits per heavy atom. The number of rotatable bonds is 5. The summed E-state index contributed by atoms with van der Waals surface area (Å²) in [5.74, 6) is -1.66. The molecule has 1 heterocycles. The fourth-order valence-corrected chi connectivity index (χ4v) is 6.40. The molecule has 1 unspecified atom stereocenters. The number of aliphatic hydroxyl groups is 1. The van der Waals surface area contributed by atoms with Gasteiger partial charge in [0.2, 0.25) is 5.91 Å². The SMILES string of the molecule is CC(C)c1cc(F)cc2c1C(C(=O)NS(=O)(=O)c1cc(C(C)(C)O)cs1)CC2(C)C.[KH]. The van der Waals surface area contributed by atoms with Gasteiger partial charge in [-0.15, -0.1) is 11.3 Å². The molecule has 0 fully saturated rings. The van der Waals surface area contributed by atoms with Crippen LogP contribution in [0.1, 0.15) is 82.1 Å². The number of nitrogens with one attached hydrogen (secondary N) is 1. The molecule has 0 saturated carbocycles. The van der Waals surface area contributed by atoms with Crippen molar-refractivity contribution in [3.63, 3.8) is 0 Å². The molecule has 1 amide bonds. The number of halogens is 1. The van der Waals surface area contributed by atoms with Crippen LogP contribution in [0.25, 0.3) is 0 Å². The first-order valence-corrected chi connectivity index (χ1v) is 12.2. The summed E-state index contributed by atoms with van der Waals surface area (Å²) >= 11 is 0.951. The fourth-order valence-electron chi connectivity index (χ4n) is 4.04. The summed E-state index contributed by atoms with van der Waals surface area (Å²) in [5.41, 5.74) is 1.04. The molecule has 9 heteroatoms. The van der Waals surface area contributed by atoms with E-state index in [2.05, 4.69) is 4.72 Å². The Balaban J connectivity index is 0.00000341. The second kappa shape index (κ2) is 9.25. The summed E-state index contributed by atoms with van der Waals surface area (Å²) in [6.07, 6.45) is 0.395. The summed E-state index contributed by atoms with van der Waals surface area (Å²) in [7, 11) is -4.08. The van der Waals surface area contributed by atoms with Gasteiger partial charge < -0.3 is 5.11 Å². The first kappa shape index (κ1) is 27.1. The van der Waals surface area contributed by atoms with Crippen LogP contribution in [0.15, 0.2) is 27.8 Å². The third-order valence-corrected chi connectivity index (χ3v) is 8.48. The van der Waals surface area contributed by atoms with Gasteiger partial charge in [-0.25, -0.2) is 17.5 Å². The zero-order valence-electron chi connectivity index (χ0n) is 18.0. The second-order valence-corrected chi connectivity index (χ2v) is 12.3. The molecule has 1 aromatic heterocycles. The van der Waals surface area contributed by atoms with E-state index in [0.717, 1.165) is 28.0 Å². The molecule has 31 heavy (non-hydrogen) atoms. The third kappa shape index (κ3) is 5.51. The summed E-state index contributed by atoms with van der Waals surface area (Å²) < 4.78 is 42.0. The number of sulfonamides is 1. The quantitative estimate of drug-likeness (QED) is 0.620. The van der Waals surface area contributed by atoms with Crippen molar-refractivity contribution in [2.75, 3.05) is 0 Å². The normalized spacial score (nSPS) is 17.9. The van der Waals surface area contributed by atoms with Gasteiger partial charge in [-0.1, -0.05) is 27.7 Å². The van der Waals surface area contributed by atoms with E-state index in [9.17, 15) is 22.7 Å². The zero-order valence-corrected chi connectivity index (χ0v) is 19.7. The van der Waals surface area contributed by atoms with E-state index in [-0.39, 0.29) is 67.3 Å². The van der Waals surface area contributed by atoms with E-state index >= 15 is 0 Å². The van der Waals surface area contributed by atoms with E-state index in [1.54, 1.807) is 19.2 Å². The third-order valence-electron chi connectivity index (χ3n) is 5.69. The zero-order chi connectivity index (χ0) is 22.6. The number of hydrogen-bond acceptors (Lipinski definition) is 5. The van der Waals surface area contributed by atoms with Crippen LogP contribution >= 0.6 is 11.3 Å². The van der Waals surface area contributed by atoms with Crippen LogP contribution in [0.3, 0.4) is 0 Å². The Hall–Kier alpha value is -0.134. The topological polar surface area (TPSA) is 83.5 Å². The molecular weight excluding hydrogens is 464 g/mol. The predicted molar refractivity (Wildman–Crippen MR) is 123 cm³/mol. The van der Waals surface area contributed by atoms with Crippen LogP contribution in [0.2, 0.25) is 0 Å².